The van der Waals surface area contributed by atoms with Gasteiger partial charge in [-0.25, -0.2) is 0 Å². The number of halogens is 1. The zero-order valence-electron chi connectivity index (χ0n) is 12.5. The predicted octanol–water partition coefficient (Wildman–Crippen LogP) is 3.05. The van der Waals surface area contributed by atoms with Gasteiger partial charge in [-0.2, -0.15) is 0 Å². The first-order chi connectivity index (χ1) is 8.77. The maximum Gasteiger partial charge on any atom is 0.0658 e. The lowest BCUT2D eigenvalue weighted by Gasteiger charge is -2.36. The Kier molecular flexibility index (Phi) is 5.65. The molecule has 0 heterocycles. The Labute approximate surface area is 121 Å². The molecule has 0 fully saturated rings. The molecule has 2 N–H and O–H groups in total. The molecule has 0 saturated heterocycles. The number of aliphatic hydroxyl groups is 1. The van der Waals surface area contributed by atoms with Gasteiger partial charge in [0.05, 0.1) is 22.9 Å². The molecule has 0 spiro atoms. The average Bonchev–Trinajstić information content (AvgIpc) is 2.35. The van der Waals surface area contributed by atoms with Crippen LogP contribution in [0.5, 0.6) is 0 Å². The number of nitrogens with zero attached hydrogens (tertiary/aromatic N) is 1. The van der Waals surface area contributed by atoms with Crippen molar-refractivity contribution in [2.45, 2.75) is 45.8 Å². The van der Waals surface area contributed by atoms with Crippen molar-refractivity contribution >= 4 is 17.3 Å². The Hall–Kier alpha value is -0.770. The van der Waals surface area contributed by atoms with Crippen LogP contribution >= 0.6 is 11.6 Å². The topological polar surface area (TPSA) is 35.5 Å². The van der Waals surface area contributed by atoms with Crippen molar-refractivity contribution in [3.05, 3.63) is 28.8 Å². The van der Waals surface area contributed by atoms with Gasteiger partial charge in [-0.05, 0) is 31.5 Å². The first-order valence-electron chi connectivity index (χ1n) is 6.64. The third-order valence-corrected chi connectivity index (χ3v) is 3.69. The fourth-order valence-corrected chi connectivity index (χ4v) is 2.02. The number of rotatable bonds is 6. The molecule has 3 nitrogen and oxygen atoms in total. The SMILES string of the molecule is CC(C)NCc1ccc(N(C)C(C)(C)CO)c(Cl)c1. The van der Waals surface area contributed by atoms with Crippen LogP contribution in [0.2, 0.25) is 5.02 Å². The maximum atomic E-state index is 9.42. The molecule has 1 rings (SSSR count). The summed E-state index contributed by atoms with van der Waals surface area (Å²) < 4.78 is 0. The van der Waals surface area contributed by atoms with Crippen LogP contribution in [0.15, 0.2) is 18.2 Å². The molecule has 0 saturated carbocycles. The summed E-state index contributed by atoms with van der Waals surface area (Å²) in [6, 6.07) is 6.52. The van der Waals surface area contributed by atoms with Gasteiger partial charge in [0.2, 0.25) is 0 Å². The summed E-state index contributed by atoms with van der Waals surface area (Å²) in [5.41, 5.74) is 1.77. The zero-order chi connectivity index (χ0) is 14.6. The van der Waals surface area contributed by atoms with Crippen molar-refractivity contribution < 1.29 is 5.11 Å². The van der Waals surface area contributed by atoms with Crippen molar-refractivity contribution in [3.8, 4) is 0 Å². The number of nitrogens with one attached hydrogen (secondary N) is 1. The molecular weight excluding hydrogens is 260 g/mol. The third-order valence-electron chi connectivity index (χ3n) is 3.38. The van der Waals surface area contributed by atoms with Gasteiger partial charge in [-0.15, -0.1) is 0 Å². The molecule has 108 valence electrons. The van der Waals surface area contributed by atoms with Crippen LogP contribution in [0.4, 0.5) is 5.69 Å². The number of anilines is 1. The van der Waals surface area contributed by atoms with E-state index in [4.69, 9.17) is 11.6 Å². The van der Waals surface area contributed by atoms with Gasteiger partial charge in [0.1, 0.15) is 0 Å². The minimum atomic E-state index is -0.332. The molecule has 0 aliphatic carbocycles. The van der Waals surface area contributed by atoms with Crippen LogP contribution in [0, 0.1) is 0 Å². The predicted molar refractivity (Wildman–Crippen MR) is 83.0 cm³/mol. The van der Waals surface area contributed by atoms with E-state index in [1.165, 1.54) is 0 Å². The Morgan fingerprint density at radius 3 is 2.47 bits per heavy atom. The number of hydrogen-bond donors (Lipinski definition) is 2. The molecule has 4 heteroatoms. The van der Waals surface area contributed by atoms with Crippen LogP contribution < -0.4 is 10.2 Å². The van der Waals surface area contributed by atoms with Crippen LogP contribution in [-0.2, 0) is 6.54 Å². The molecule has 1 aromatic carbocycles. The lowest BCUT2D eigenvalue weighted by molar-refractivity contribution is 0.216. The zero-order valence-corrected chi connectivity index (χ0v) is 13.3. The normalized spacial score (nSPS) is 12.0. The number of aliphatic hydroxyl groups excluding tert-OH is 1. The highest BCUT2D eigenvalue weighted by atomic mass is 35.5. The second-order valence-corrected chi connectivity index (χ2v) is 6.26. The van der Waals surface area contributed by atoms with E-state index in [1.807, 2.05) is 37.9 Å². The van der Waals surface area contributed by atoms with E-state index in [0.717, 1.165) is 17.8 Å². The Bertz CT molecular complexity index is 419. The highest BCUT2D eigenvalue weighted by Gasteiger charge is 2.24. The van der Waals surface area contributed by atoms with E-state index in [-0.39, 0.29) is 12.1 Å². The Morgan fingerprint density at radius 2 is 2.00 bits per heavy atom. The second-order valence-electron chi connectivity index (χ2n) is 5.85. The summed E-state index contributed by atoms with van der Waals surface area (Å²) in [6.45, 7) is 9.09. The standard InChI is InChI=1S/C15H25ClN2O/c1-11(2)17-9-12-6-7-14(13(16)8-12)18(5)15(3,4)10-19/h6-8,11,17,19H,9-10H2,1-5H3. The molecular formula is C15H25ClN2O. The van der Waals surface area contributed by atoms with E-state index >= 15 is 0 Å². The Balaban J connectivity index is 2.88. The Morgan fingerprint density at radius 1 is 1.37 bits per heavy atom. The summed E-state index contributed by atoms with van der Waals surface area (Å²) in [5, 5.41) is 13.5. The van der Waals surface area contributed by atoms with Crippen LogP contribution in [0.25, 0.3) is 0 Å². The summed E-state index contributed by atoms with van der Waals surface area (Å²) in [4.78, 5) is 2.01. The summed E-state index contributed by atoms with van der Waals surface area (Å²) in [7, 11) is 1.95. The average molecular weight is 285 g/mol. The highest BCUT2D eigenvalue weighted by Crippen LogP contribution is 2.30. The van der Waals surface area contributed by atoms with Crippen molar-refractivity contribution in [1.29, 1.82) is 0 Å². The second kappa shape index (κ2) is 6.60. The molecule has 0 aromatic heterocycles. The quantitative estimate of drug-likeness (QED) is 0.843. The number of hydrogen-bond acceptors (Lipinski definition) is 3. The first-order valence-corrected chi connectivity index (χ1v) is 7.02. The van der Waals surface area contributed by atoms with E-state index in [9.17, 15) is 5.11 Å². The van der Waals surface area contributed by atoms with E-state index < -0.39 is 0 Å². The van der Waals surface area contributed by atoms with Crippen molar-refractivity contribution in [2.75, 3.05) is 18.6 Å². The monoisotopic (exact) mass is 284 g/mol. The smallest absolute Gasteiger partial charge is 0.0658 e. The summed E-state index contributed by atoms with van der Waals surface area (Å²) >= 11 is 6.35. The maximum absolute atomic E-state index is 9.42. The molecule has 0 aliphatic heterocycles. The molecule has 19 heavy (non-hydrogen) atoms. The first kappa shape index (κ1) is 16.3. The molecule has 0 bridgehead atoms. The van der Waals surface area contributed by atoms with Gasteiger partial charge in [0.25, 0.3) is 0 Å². The molecule has 0 unspecified atom stereocenters. The summed E-state index contributed by atoms with van der Waals surface area (Å²) in [6.07, 6.45) is 0. The molecule has 0 radical (unpaired) electrons. The van der Waals surface area contributed by atoms with Crippen LogP contribution in [0.1, 0.15) is 33.3 Å². The minimum Gasteiger partial charge on any atom is -0.394 e. The van der Waals surface area contributed by atoms with Crippen LogP contribution in [-0.4, -0.2) is 30.3 Å². The lowest BCUT2D eigenvalue weighted by Crippen LogP contribution is -2.44. The fourth-order valence-electron chi connectivity index (χ4n) is 1.69. The van der Waals surface area contributed by atoms with Crippen molar-refractivity contribution in [2.24, 2.45) is 0 Å². The van der Waals surface area contributed by atoms with Gasteiger partial charge in [0.15, 0.2) is 0 Å². The minimum absolute atomic E-state index is 0.0798. The van der Waals surface area contributed by atoms with Gasteiger partial charge in [-0.3, -0.25) is 0 Å². The molecule has 0 amide bonds. The molecule has 0 aliphatic rings. The van der Waals surface area contributed by atoms with E-state index in [1.54, 1.807) is 0 Å². The van der Waals surface area contributed by atoms with E-state index in [0.29, 0.717) is 11.1 Å². The highest BCUT2D eigenvalue weighted by molar-refractivity contribution is 6.33. The number of likely N-dealkylation sites (N-methyl/N-ethyl adjacent to an activating group) is 1. The van der Waals surface area contributed by atoms with Gasteiger partial charge in [-0.1, -0.05) is 31.5 Å². The largest absolute Gasteiger partial charge is 0.394 e. The van der Waals surface area contributed by atoms with Crippen molar-refractivity contribution in [3.63, 3.8) is 0 Å². The molecule has 1 aromatic rings. The van der Waals surface area contributed by atoms with Gasteiger partial charge < -0.3 is 15.3 Å². The third kappa shape index (κ3) is 4.37. The van der Waals surface area contributed by atoms with E-state index in [2.05, 4.69) is 25.2 Å². The molecule has 0 atom stereocenters. The summed E-state index contributed by atoms with van der Waals surface area (Å²) in [5.74, 6) is 0. The lowest BCUT2D eigenvalue weighted by atomic mass is 10.0. The van der Waals surface area contributed by atoms with Gasteiger partial charge >= 0.3 is 0 Å². The fraction of sp³-hybridized carbons (Fsp3) is 0.600. The van der Waals surface area contributed by atoms with Crippen LogP contribution in [0.3, 0.4) is 0 Å². The van der Waals surface area contributed by atoms with Gasteiger partial charge in [0, 0.05) is 19.6 Å². The van der Waals surface area contributed by atoms with Crippen molar-refractivity contribution in [1.82, 2.24) is 5.32 Å². The number of benzene rings is 1.